The Kier molecular flexibility index (Phi) is 8.29. The predicted molar refractivity (Wildman–Crippen MR) is 143 cm³/mol. The van der Waals surface area contributed by atoms with Crippen molar-refractivity contribution in [3.63, 3.8) is 0 Å². The zero-order chi connectivity index (χ0) is 23.6. The van der Waals surface area contributed by atoms with Crippen LogP contribution in [0.3, 0.4) is 0 Å². The van der Waals surface area contributed by atoms with Gasteiger partial charge in [-0.05, 0) is 54.0 Å². The number of unbranched alkanes of at least 4 members (excludes halogenated alkanes) is 3. The van der Waals surface area contributed by atoms with E-state index in [-0.39, 0.29) is 0 Å². The van der Waals surface area contributed by atoms with E-state index in [1.165, 1.54) is 47.2 Å². The zero-order valence-electron chi connectivity index (χ0n) is 20.3. The van der Waals surface area contributed by atoms with Gasteiger partial charge in [0.15, 0.2) is 6.20 Å². The molecule has 34 heavy (non-hydrogen) atoms. The minimum absolute atomic E-state index is 0.790. The highest BCUT2D eigenvalue weighted by Crippen LogP contribution is 2.27. The fourth-order valence-corrected chi connectivity index (χ4v) is 4.21. The lowest BCUT2D eigenvalue weighted by molar-refractivity contribution is -0.660. The average molecular weight is 449 g/mol. The van der Waals surface area contributed by atoms with Crippen molar-refractivity contribution in [3.8, 4) is 28.1 Å². The second-order valence-electron chi connectivity index (χ2n) is 8.69. The number of ether oxygens (including phenoxy) is 1. The molecule has 0 N–H and O–H groups in total. The van der Waals surface area contributed by atoms with E-state index in [4.69, 9.17) is 4.74 Å². The number of aromatic nitrogens is 1. The third-order valence-electron chi connectivity index (χ3n) is 6.03. The molecule has 0 radical (unpaired) electrons. The van der Waals surface area contributed by atoms with Crippen LogP contribution in [0.2, 0.25) is 0 Å². The van der Waals surface area contributed by atoms with E-state index in [9.17, 15) is 0 Å². The van der Waals surface area contributed by atoms with Gasteiger partial charge in [0.1, 0.15) is 12.8 Å². The maximum Gasteiger partial charge on any atom is 0.219 e. The summed E-state index contributed by atoms with van der Waals surface area (Å²) in [6, 6.07) is 31.8. The number of benzene rings is 3. The maximum absolute atomic E-state index is 5.90. The van der Waals surface area contributed by atoms with Crippen molar-refractivity contribution in [3.05, 3.63) is 108 Å². The van der Waals surface area contributed by atoms with Crippen LogP contribution in [0.25, 0.3) is 34.5 Å². The lowest BCUT2D eigenvalue weighted by Crippen LogP contribution is -2.31. The first-order valence-electron chi connectivity index (χ1n) is 12.3. The molecule has 2 nitrogen and oxygen atoms in total. The molecule has 0 aliphatic carbocycles. The van der Waals surface area contributed by atoms with Crippen LogP contribution in [0, 0.1) is 0 Å². The van der Waals surface area contributed by atoms with Crippen molar-refractivity contribution < 1.29 is 9.30 Å². The van der Waals surface area contributed by atoms with Crippen LogP contribution in [0.4, 0.5) is 0 Å². The Morgan fingerprint density at radius 3 is 2.06 bits per heavy atom. The van der Waals surface area contributed by atoms with E-state index in [2.05, 4.69) is 128 Å². The highest BCUT2D eigenvalue weighted by molar-refractivity contribution is 5.80. The molecule has 1 aromatic heterocycles. The van der Waals surface area contributed by atoms with Gasteiger partial charge in [-0.25, -0.2) is 0 Å². The monoisotopic (exact) mass is 448 g/mol. The first kappa shape index (κ1) is 23.5. The third kappa shape index (κ3) is 6.23. The Morgan fingerprint density at radius 1 is 0.706 bits per heavy atom. The van der Waals surface area contributed by atoms with E-state index in [0.717, 1.165) is 24.3 Å². The minimum Gasteiger partial charge on any atom is -0.494 e. The molecule has 0 saturated carbocycles. The van der Waals surface area contributed by atoms with Crippen molar-refractivity contribution in [2.45, 2.75) is 32.6 Å². The van der Waals surface area contributed by atoms with Gasteiger partial charge < -0.3 is 4.74 Å². The molecule has 3 aromatic carbocycles. The summed E-state index contributed by atoms with van der Waals surface area (Å²) in [7, 11) is 2.12. The van der Waals surface area contributed by atoms with E-state index in [1.807, 2.05) is 0 Å². The SMILES string of the molecule is CCCCCCOc1ccc(/C=C/c2cc(-c3ccccc3)c[n+](C)c2-c2ccccc2)cc1. The Hall–Kier alpha value is -3.65. The second kappa shape index (κ2) is 12.0. The summed E-state index contributed by atoms with van der Waals surface area (Å²) in [6.07, 6.45) is 11.5. The molecule has 2 heteroatoms. The first-order chi connectivity index (χ1) is 16.7. The van der Waals surface area contributed by atoms with Crippen LogP contribution in [-0.4, -0.2) is 6.61 Å². The molecule has 0 spiro atoms. The smallest absolute Gasteiger partial charge is 0.219 e. The fraction of sp³-hybridized carbons (Fsp3) is 0.219. The van der Waals surface area contributed by atoms with Gasteiger partial charge in [0.2, 0.25) is 5.69 Å². The second-order valence-corrected chi connectivity index (χ2v) is 8.69. The number of nitrogens with zero attached hydrogens (tertiary/aromatic N) is 1. The lowest BCUT2D eigenvalue weighted by atomic mass is 9.99. The predicted octanol–water partition coefficient (Wildman–Crippen LogP) is 7.97. The molecule has 4 rings (SSSR count). The molecular formula is C32H34NO+. The number of pyridine rings is 1. The van der Waals surface area contributed by atoms with Crippen molar-refractivity contribution in [2.24, 2.45) is 7.05 Å². The van der Waals surface area contributed by atoms with Crippen molar-refractivity contribution in [2.75, 3.05) is 6.61 Å². The van der Waals surface area contributed by atoms with Crippen molar-refractivity contribution in [1.82, 2.24) is 0 Å². The largest absolute Gasteiger partial charge is 0.494 e. The van der Waals surface area contributed by atoms with Gasteiger partial charge in [0, 0.05) is 16.7 Å². The molecule has 0 aliphatic rings. The summed E-state index contributed by atoms with van der Waals surface area (Å²) in [5.74, 6) is 0.941. The van der Waals surface area contributed by atoms with Gasteiger partial charge in [-0.1, -0.05) is 92.9 Å². The van der Waals surface area contributed by atoms with Gasteiger partial charge in [-0.15, -0.1) is 0 Å². The summed E-state index contributed by atoms with van der Waals surface area (Å²) in [4.78, 5) is 0. The van der Waals surface area contributed by atoms with Crippen LogP contribution in [-0.2, 0) is 7.05 Å². The topological polar surface area (TPSA) is 13.1 Å². The minimum atomic E-state index is 0.790. The molecule has 0 unspecified atom stereocenters. The quantitative estimate of drug-likeness (QED) is 0.177. The van der Waals surface area contributed by atoms with Gasteiger partial charge >= 0.3 is 0 Å². The first-order valence-corrected chi connectivity index (χ1v) is 12.3. The van der Waals surface area contributed by atoms with Crippen molar-refractivity contribution in [1.29, 1.82) is 0 Å². The summed E-state index contributed by atoms with van der Waals surface area (Å²) < 4.78 is 8.13. The highest BCUT2D eigenvalue weighted by Gasteiger charge is 2.17. The number of hydrogen-bond acceptors (Lipinski definition) is 1. The van der Waals surface area contributed by atoms with Gasteiger partial charge in [0.25, 0.3) is 0 Å². The van der Waals surface area contributed by atoms with Gasteiger partial charge in [-0.2, -0.15) is 4.57 Å². The standard InChI is InChI=1S/C32H34NO/c1-3-4-5-12-23-34-31-21-18-26(19-22-31)17-20-29-24-30(27-13-8-6-9-14-27)25-33(2)32(29)28-15-10-7-11-16-28/h6-11,13-22,24-25H,3-5,12,23H2,1-2H3/q+1/b20-17+. The van der Waals surface area contributed by atoms with Crippen LogP contribution in [0.15, 0.2) is 97.2 Å². The molecule has 0 bridgehead atoms. The van der Waals surface area contributed by atoms with E-state index in [1.54, 1.807) is 0 Å². The molecule has 172 valence electrons. The summed E-state index contributed by atoms with van der Waals surface area (Å²) in [5, 5.41) is 0. The van der Waals surface area contributed by atoms with Crippen LogP contribution < -0.4 is 9.30 Å². The van der Waals surface area contributed by atoms with Gasteiger partial charge in [-0.3, -0.25) is 0 Å². The summed E-state index contributed by atoms with van der Waals surface area (Å²) in [6.45, 7) is 3.02. The maximum atomic E-state index is 5.90. The van der Waals surface area contributed by atoms with E-state index >= 15 is 0 Å². The molecule has 0 atom stereocenters. The van der Waals surface area contributed by atoms with Crippen molar-refractivity contribution >= 4 is 12.2 Å². The Bertz CT molecular complexity index is 1200. The zero-order valence-corrected chi connectivity index (χ0v) is 20.3. The molecule has 1 heterocycles. The van der Waals surface area contributed by atoms with Gasteiger partial charge in [0.05, 0.1) is 6.61 Å². The Balaban J connectivity index is 1.59. The molecule has 0 saturated heterocycles. The third-order valence-corrected chi connectivity index (χ3v) is 6.03. The van der Waals surface area contributed by atoms with Crippen LogP contribution in [0.1, 0.15) is 43.7 Å². The molecule has 0 aliphatic heterocycles. The normalized spacial score (nSPS) is 11.1. The molecule has 4 aromatic rings. The Labute approximate surface area is 204 Å². The average Bonchev–Trinajstić information content (AvgIpc) is 2.89. The summed E-state index contributed by atoms with van der Waals surface area (Å²) >= 11 is 0. The highest BCUT2D eigenvalue weighted by atomic mass is 16.5. The number of hydrogen-bond donors (Lipinski definition) is 0. The van der Waals surface area contributed by atoms with E-state index < -0.39 is 0 Å². The summed E-state index contributed by atoms with van der Waals surface area (Å²) in [5.41, 5.74) is 7.16. The molecule has 0 amide bonds. The molecular weight excluding hydrogens is 414 g/mol. The Morgan fingerprint density at radius 2 is 1.38 bits per heavy atom. The van der Waals surface area contributed by atoms with Crippen LogP contribution in [0.5, 0.6) is 5.75 Å². The lowest BCUT2D eigenvalue weighted by Gasteiger charge is -2.09. The number of aryl methyl sites for hydroxylation is 1. The number of rotatable bonds is 10. The van der Waals surface area contributed by atoms with Crippen LogP contribution >= 0.6 is 0 Å². The van der Waals surface area contributed by atoms with E-state index in [0.29, 0.717) is 0 Å². The molecule has 0 fully saturated rings. The fourth-order valence-electron chi connectivity index (χ4n) is 4.21.